The van der Waals surface area contributed by atoms with Crippen LogP contribution in [-0.4, -0.2) is 190 Å². The molecule has 32 heteroatoms. The van der Waals surface area contributed by atoms with Gasteiger partial charge in [0.25, 0.3) is 0 Å². The maximum atomic E-state index is 10.3. The zero-order chi connectivity index (χ0) is 49.6. The van der Waals surface area contributed by atoms with Gasteiger partial charge >= 0.3 is 61.6 Å². The number of nitrogens with zero attached hydrogens (tertiary/aromatic N) is 6. The van der Waals surface area contributed by atoms with E-state index in [2.05, 4.69) is 59.8 Å². The Morgan fingerprint density at radius 3 is 0.632 bits per heavy atom. The molecule has 6 rings (SSSR count). The molecular weight excluding hydrogens is 964 g/mol. The first-order valence-electron chi connectivity index (χ1n) is 18.9. The number of aromatic amines is 6. The Balaban J connectivity index is 0. The first-order valence-corrected chi connectivity index (χ1v) is 18.9. The largest absolute Gasteiger partial charge is 2.00 e. The van der Waals surface area contributed by atoms with Gasteiger partial charge in [-0.15, -0.1) is 0 Å². The first-order chi connectivity index (χ1) is 31.2. The van der Waals surface area contributed by atoms with Crippen LogP contribution in [0, 0.1) is 0 Å². The molecule has 0 fully saturated rings. The van der Waals surface area contributed by atoms with Crippen molar-refractivity contribution in [3.8, 4) is 0 Å². The van der Waals surface area contributed by atoms with Crippen LogP contribution in [0.3, 0.4) is 0 Å². The zero-order valence-corrected chi connectivity index (χ0v) is 39.8. The number of carboxylic acid groups (broad SMARTS) is 6. The first kappa shape index (κ1) is 63.9. The molecule has 6 atom stereocenters. The minimum absolute atomic E-state index is 0. The molecule has 0 aromatic carbocycles. The molecule has 0 amide bonds. The third kappa shape index (κ3) is 29.5. The summed E-state index contributed by atoms with van der Waals surface area (Å²) in [4.78, 5) is 100. The van der Waals surface area contributed by atoms with Crippen LogP contribution in [0.2, 0.25) is 0 Å². The number of rotatable bonds is 18. The van der Waals surface area contributed by atoms with Crippen molar-refractivity contribution in [2.45, 2.75) is 74.8 Å². The number of imidazole rings is 6. The monoisotopic (exact) mass is 1020 g/mol. The molecule has 30 nitrogen and oxygen atoms in total. The Hall–Kier alpha value is -6.19. The Morgan fingerprint density at radius 1 is 0.382 bits per heavy atom. The van der Waals surface area contributed by atoms with Gasteiger partial charge in [-0.3, -0.25) is 19.2 Å². The van der Waals surface area contributed by atoms with Gasteiger partial charge < -0.3 is 105 Å². The molecule has 68 heavy (non-hydrogen) atoms. The molecule has 6 aromatic rings. The molecule has 0 aliphatic rings. The Labute approximate surface area is 430 Å². The summed E-state index contributed by atoms with van der Waals surface area (Å²) in [6.45, 7) is 0. The number of carbonyl (C=O) groups is 6. The van der Waals surface area contributed by atoms with E-state index in [1.807, 2.05) is 0 Å². The summed E-state index contributed by atoms with van der Waals surface area (Å²) in [7, 11) is 0. The molecule has 6 aromatic heterocycles. The van der Waals surface area contributed by atoms with Crippen molar-refractivity contribution in [2.24, 2.45) is 34.4 Å². The van der Waals surface area contributed by atoms with E-state index in [4.69, 9.17) is 54.8 Å². The fraction of sp³-hybridized carbons (Fsp3) is 0.333. The molecule has 0 unspecified atom stereocenters. The number of H-pyrrole nitrogens is 6. The third-order valence-corrected chi connectivity index (χ3v) is 7.84. The second-order valence-electron chi connectivity index (χ2n) is 13.3. The van der Waals surface area contributed by atoms with Crippen molar-refractivity contribution in [1.29, 1.82) is 0 Å². The molecule has 364 valence electrons. The van der Waals surface area contributed by atoms with Crippen LogP contribution in [-0.2, 0) is 89.0 Å². The second kappa shape index (κ2) is 35.9. The minimum Gasteiger partial charge on any atom is -0.548 e. The Kier molecular flexibility index (Phi) is 33.8. The summed E-state index contributed by atoms with van der Waals surface area (Å²) in [6, 6.07) is -5.33. The average molecular weight is 1020 g/mol. The fourth-order valence-corrected chi connectivity index (χ4v) is 4.32. The molecule has 0 spiro atoms. The molecule has 0 saturated heterocycles. The predicted octanol–water partition coefficient (Wildman–Crippen LogP) is -6.87. The number of aromatic nitrogens is 12. The smallest absolute Gasteiger partial charge is 0.548 e. The van der Waals surface area contributed by atoms with E-state index in [1.54, 1.807) is 24.8 Å². The number of aliphatic carboxylic acids is 6. The van der Waals surface area contributed by atoms with Gasteiger partial charge in [-0.25, -0.2) is 29.9 Å². The molecule has 6 heterocycles. The fourth-order valence-electron chi connectivity index (χ4n) is 4.32. The minimum atomic E-state index is -1.25. The van der Waals surface area contributed by atoms with Crippen LogP contribution in [0.15, 0.2) is 75.1 Å². The van der Waals surface area contributed by atoms with E-state index in [0.717, 1.165) is 22.8 Å². The topological polar surface area (TPSA) is 558 Å². The van der Waals surface area contributed by atoms with Gasteiger partial charge in [0.1, 0.15) is 24.2 Å². The normalized spacial score (nSPS) is 12.4. The summed E-state index contributed by atoms with van der Waals surface area (Å²) in [6.07, 6.45) is 19.8. The molecular formula is C36H52CaN18O12Ti. The van der Waals surface area contributed by atoms with Crippen LogP contribution < -0.4 is 44.6 Å². The zero-order valence-electron chi connectivity index (χ0n) is 36.0. The van der Waals surface area contributed by atoms with Crippen LogP contribution in [0.4, 0.5) is 0 Å². The van der Waals surface area contributed by atoms with Crippen LogP contribution in [0.25, 0.3) is 0 Å². The van der Waals surface area contributed by atoms with Gasteiger partial charge in [0.15, 0.2) is 0 Å². The van der Waals surface area contributed by atoms with Crippen LogP contribution in [0.1, 0.15) is 34.2 Å². The summed E-state index contributed by atoms with van der Waals surface area (Å²) in [5, 5.41) is 54.0. The number of hydrogen-bond acceptors (Lipinski definition) is 20. The number of nitrogens with one attached hydrogen (secondary N) is 6. The third-order valence-electron chi connectivity index (χ3n) is 7.84. The van der Waals surface area contributed by atoms with E-state index in [9.17, 15) is 39.0 Å². The number of nitrogens with two attached hydrogens (primary N) is 6. The molecule has 0 aliphatic carbocycles. The molecule has 0 bridgehead atoms. The molecule has 0 aliphatic heterocycles. The Morgan fingerprint density at radius 2 is 0.529 bits per heavy atom. The van der Waals surface area contributed by atoms with Crippen molar-refractivity contribution in [3.63, 3.8) is 0 Å². The van der Waals surface area contributed by atoms with Crippen molar-refractivity contribution in [3.05, 3.63) is 109 Å². The number of carbonyl (C=O) groups excluding carboxylic acids is 2. The van der Waals surface area contributed by atoms with Crippen molar-refractivity contribution in [1.82, 2.24) is 59.8 Å². The van der Waals surface area contributed by atoms with Gasteiger partial charge in [0, 0.05) is 144 Å². The van der Waals surface area contributed by atoms with E-state index >= 15 is 0 Å². The maximum Gasteiger partial charge on any atom is 2.00 e. The van der Waals surface area contributed by atoms with Gasteiger partial charge in [-0.05, 0) is 0 Å². The molecule has 22 N–H and O–H groups in total. The average Bonchev–Trinajstić information content (AvgIpc) is 4.11. The predicted molar refractivity (Wildman–Crippen MR) is 228 cm³/mol. The number of hydrogen-bond donors (Lipinski definition) is 16. The van der Waals surface area contributed by atoms with E-state index in [1.165, 1.54) is 50.4 Å². The molecule has 0 saturated carbocycles. The Bertz CT molecular complexity index is 1810. The van der Waals surface area contributed by atoms with Crippen LogP contribution in [0.5, 0.6) is 0 Å². The second-order valence-corrected chi connectivity index (χ2v) is 13.3. The van der Waals surface area contributed by atoms with Gasteiger partial charge in [-0.1, -0.05) is 0 Å². The van der Waals surface area contributed by atoms with E-state index in [-0.39, 0.29) is 98.0 Å². The summed E-state index contributed by atoms with van der Waals surface area (Å²) >= 11 is 0. The van der Waals surface area contributed by atoms with Gasteiger partial charge in [-0.2, -0.15) is 0 Å². The van der Waals surface area contributed by atoms with Crippen molar-refractivity contribution < 1.29 is 81.1 Å². The van der Waals surface area contributed by atoms with Gasteiger partial charge in [0.2, 0.25) is 0 Å². The summed E-state index contributed by atoms with van der Waals surface area (Å²) in [5.74, 6) is -6.50. The van der Waals surface area contributed by atoms with Crippen molar-refractivity contribution >= 4 is 73.6 Å². The van der Waals surface area contributed by atoms with Crippen molar-refractivity contribution in [2.75, 3.05) is 0 Å². The van der Waals surface area contributed by atoms with Gasteiger partial charge in [0.05, 0.1) is 49.9 Å². The summed E-state index contributed by atoms with van der Waals surface area (Å²) < 4.78 is 0. The number of carboxylic acids is 6. The molecule has 0 radical (unpaired) electrons. The maximum absolute atomic E-state index is 10.3. The summed E-state index contributed by atoms with van der Waals surface area (Å²) in [5.41, 5.74) is 35.8. The SMILES string of the molecule is N[C@@H](Cc1cnc[nH]1)C(=O)O.N[C@@H](Cc1cnc[nH]1)C(=O)O.N[C@@H](Cc1cnc[nH]1)C(=O)O.N[C@@H](Cc1cnc[nH]1)C(=O)O.N[C@@H](Cc1cnc[nH]1)C(=O)[O-].N[C@@H](Cc1cnc[nH]1)C(=O)[O-].[Ca+2].[Ti]. The quantitative estimate of drug-likeness (QED) is 0.0356. The van der Waals surface area contributed by atoms with E-state index < -0.39 is 72.1 Å². The van der Waals surface area contributed by atoms with Crippen LogP contribution >= 0.6 is 0 Å². The standard InChI is InChI=1S/6C6H9N3O2.Ca.Ti/c6*7-5(6(10)11)1-4-2-8-3-9-4;;/h6*2-3,5H,1,7H2,(H,8,9)(H,10,11);;/q;;;;;;+2;/p-2/t6*5-;;/m000000../s1. The van der Waals surface area contributed by atoms with E-state index in [0.29, 0.717) is 11.4 Å².